The summed E-state index contributed by atoms with van der Waals surface area (Å²) in [5.41, 5.74) is 1.57. The van der Waals surface area contributed by atoms with Crippen molar-refractivity contribution in [2.45, 2.75) is 19.9 Å². The molecular formula is C28H30N2O8S. The zero-order valence-corrected chi connectivity index (χ0v) is 23.6. The molecule has 0 saturated heterocycles. The van der Waals surface area contributed by atoms with Crippen LogP contribution in [0, 0.1) is 0 Å². The van der Waals surface area contributed by atoms with Gasteiger partial charge in [-0.1, -0.05) is 23.5 Å². The third-order valence-electron chi connectivity index (χ3n) is 6.24. The lowest BCUT2D eigenvalue weighted by Gasteiger charge is -2.26. The van der Waals surface area contributed by atoms with Gasteiger partial charge < -0.3 is 28.4 Å². The number of nitrogens with zero attached hydrogens (tertiary/aromatic N) is 2. The van der Waals surface area contributed by atoms with E-state index < -0.39 is 12.0 Å². The Kier molecular flexibility index (Phi) is 8.29. The zero-order valence-electron chi connectivity index (χ0n) is 22.8. The van der Waals surface area contributed by atoms with Crippen LogP contribution in [0.15, 0.2) is 51.4 Å². The molecule has 11 heteroatoms. The number of carbonyl (C=O) groups is 1. The normalized spacial score (nSPS) is 14.8. The number of methoxy groups -OCH3 is 5. The maximum Gasteiger partial charge on any atom is 0.338 e. The summed E-state index contributed by atoms with van der Waals surface area (Å²) >= 11 is 1.20. The van der Waals surface area contributed by atoms with E-state index in [1.165, 1.54) is 44.3 Å². The van der Waals surface area contributed by atoms with E-state index in [-0.39, 0.29) is 17.7 Å². The molecule has 1 aromatic heterocycles. The van der Waals surface area contributed by atoms with Crippen LogP contribution in [0.25, 0.3) is 6.08 Å². The Labute approximate surface area is 229 Å². The average Bonchev–Trinajstić information content (AvgIpc) is 3.24. The topological polar surface area (TPSA) is 107 Å². The molecule has 0 aliphatic carbocycles. The average molecular weight is 555 g/mol. The quantitative estimate of drug-likeness (QED) is 0.372. The van der Waals surface area contributed by atoms with Gasteiger partial charge in [0.05, 0.1) is 64.0 Å². The van der Waals surface area contributed by atoms with E-state index in [0.717, 1.165) is 0 Å². The van der Waals surface area contributed by atoms with Gasteiger partial charge >= 0.3 is 5.97 Å². The highest BCUT2D eigenvalue weighted by atomic mass is 32.1. The number of hydrogen-bond acceptors (Lipinski definition) is 10. The Balaban J connectivity index is 2.03. The molecule has 0 amide bonds. The van der Waals surface area contributed by atoms with Crippen LogP contribution in [0.1, 0.15) is 31.0 Å². The summed E-state index contributed by atoms with van der Waals surface area (Å²) < 4.78 is 34.8. The highest BCUT2D eigenvalue weighted by molar-refractivity contribution is 7.07. The summed E-state index contributed by atoms with van der Waals surface area (Å²) in [5.74, 6) is 1.62. The molecule has 3 aromatic rings. The molecule has 39 heavy (non-hydrogen) atoms. The third kappa shape index (κ3) is 4.97. The summed E-state index contributed by atoms with van der Waals surface area (Å²) in [7, 11) is 7.59. The Hall–Kier alpha value is -4.25. The predicted octanol–water partition coefficient (Wildman–Crippen LogP) is 2.84. The number of ether oxygens (including phenoxy) is 6. The Bertz CT molecular complexity index is 1590. The van der Waals surface area contributed by atoms with E-state index in [0.29, 0.717) is 54.9 Å². The zero-order chi connectivity index (χ0) is 28.3. The monoisotopic (exact) mass is 554 g/mol. The number of thiazole rings is 1. The van der Waals surface area contributed by atoms with Gasteiger partial charge in [0, 0.05) is 5.56 Å². The predicted molar refractivity (Wildman–Crippen MR) is 146 cm³/mol. The van der Waals surface area contributed by atoms with Gasteiger partial charge in [0.25, 0.3) is 5.56 Å². The fourth-order valence-corrected chi connectivity index (χ4v) is 5.57. The highest BCUT2D eigenvalue weighted by Gasteiger charge is 2.34. The van der Waals surface area contributed by atoms with Crippen molar-refractivity contribution in [3.8, 4) is 28.7 Å². The van der Waals surface area contributed by atoms with Crippen molar-refractivity contribution >= 4 is 23.4 Å². The SMILES string of the molecule is CCOC(=O)C1=C(C)N=c2s/c(=C\c3cccc(OC)c3OC)c(=O)n2[C@H]1c1cc(OC)c(OC)c(OC)c1. The van der Waals surface area contributed by atoms with Crippen LogP contribution in [0.2, 0.25) is 0 Å². The minimum absolute atomic E-state index is 0.164. The Morgan fingerprint density at radius 3 is 2.18 bits per heavy atom. The molecule has 0 radical (unpaired) electrons. The van der Waals surface area contributed by atoms with Gasteiger partial charge in [-0.2, -0.15) is 0 Å². The van der Waals surface area contributed by atoms with Gasteiger partial charge in [0.15, 0.2) is 27.8 Å². The standard InChI is InChI=1S/C28H30N2O8S/c1-8-38-27(32)22-15(2)29-28-30(23(22)17-12-19(34-4)25(37-7)20(13-17)35-5)26(31)21(39-28)14-16-10-9-11-18(33-3)24(16)36-6/h9-14,23H,8H2,1-7H3/b21-14-/t23-/m0/s1. The van der Waals surface area contributed by atoms with Crippen LogP contribution >= 0.6 is 11.3 Å². The molecular weight excluding hydrogens is 524 g/mol. The van der Waals surface area contributed by atoms with Crippen molar-refractivity contribution < 1.29 is 33.2 Å². The molecule has 0 saturated carbocycles. The van der Waals surface area contributed by atoms with Gasteiger partial charge in [0.1, 0.15) is 0 Å². The summed E-state index contributed by atoms with van der Waals surface area (Å²) in [6.45, 7) is 3.61. The van der Waals surface area contributed by atoms with Crippen LogP contribution in [-0.2, 0) is 9.53 Å². The van der Waals surface area contributed by atoms with E-state index in [1.54, 1.807) is 45.2 Å². The molecule has 2 heterocycles. The minimum atomic E-state index is -0.858. The molecule has 1 atom stereocenters. The second-order valence-electron chi connectivity index (χ2n) is 8.34. The van der Waals surface area contributed by atoms with Crippen LogP contribution < -0.4 is 38.6 Å². The van der Waals surface area contributed by atoms with Crippen molar-refractivity contribution in [2.24, 2.45) is 4.99 Å². The fourth-order valence-electron chi connectivity index (χ4n) is 4.53. The highest BCUT2D eigenvalue weighted by Crippen LogP contribution is 2.42. The van der Waals surface area contributed by atoms with E-state index >= 15 is 0 Å². The summed E-state index contributed by atoms with van der Waals surface area (Å²) in [6, 6.07) is 7.98. The minimum Gasteiger partial charge on any atom is -0.493 e. The molecule has 1 aliphatic rings. The van der Waals surface area contributed by atoms with E-state index in [9.17, 15) is 9.59 Å². The third-order valence-corrected chi connectivity index (χ3v) is 7.22. The van der Waals surface area contributed by atoms with Crippen LogP contribution in [0.5, 0.6) is 28.7 Å². The van der Waals surface area contributed by atoms with Gasteiger partial charge in [-0.3, -0.25) is 9.36 Å². The van der Waals surface area contributed by atoms with Gasteiger partial charge in [-0.05, 0) is 43.7 Å². The molecule has 1 aliphatic heterocycles. The molecule has 0 fully saturated rings. The lowest BCUT2D eigenvalue weighted by molar-refractivity contribution is -0.139. The maximum atomic E-state index is 14.0. The van der Waals surface area contributed by atoms with E-state index in [1.807, 2.05) is 12.1 Å². The number of carbonyl (C=O) groups excluding carboxylic acids is 1. The molecule has 0 bridgehead atoms. The lowest BCUT2D eigenvalue weighted by Crippen LogP contribution is -2.40. The molecule has 0 N–H and O–H groups in total. The van der Waals surface area contributed by atoms with Crippen molar-refractivity contribution in [3.05, 3.63) is 72.4 Å². The number of allylic oxidation sites excluding steroid dienone is 1. The van der Waals surface area contributed by atoms with Gasteiger partial charge in [-0.15, -0.1) is 0 Å². The van der Waals surface area contributed by atoms with Crippen LogP contribution in [0.4, 0.5) is 0 Å². The van der Waals surface area contributed by atoms with Crippen molar-refractivity contribution in [1.82, 2.24) is 4.57 Å². The molecule has 10 nitrogen and oxygen atoms in total. The molecule has 0 spiro atoms. The Morgan fingerprint density at radius 1 is 0.974 bits per heavy atom. The molecule has 4 rings (SSSR count). The molecule has 206 valence electrons. The number of esters is 1. The first-order valence-electron chi connectivity index (χ1n) is 12.0. The first-order chi connectivity index (χ1) is 18.8. The van der Waals surface area contributed by atoms with Crippen LogP contribution in [0.3, 0.4) is 0 Å². The van der Waals surface area contributed by atoms with Gasteiger partial charge in [-0.25, -0.2) is 9.79 Å². The van der Waals surface area contributed by atoms with Crippen molar-refractivity contribution in [3.63, 3.8) is 0 Å². The number of hydrogen-bond donors (Lipinski definition) is 0. The summed E-state index contributed by atoms with van der Waals surface area (Å²) in [6.07, 6.45) is 1.72. The molecule has 0 unspecified atom stereocenters. The second-order valence-corrected chi connectivity index (χ2v) is 9.35. The second kappa shape index (κ2) is 11.6. The van der Waals surface area contributed by atoms with Gasteiger partial charge in [0.2, 0.25) is 5.75 Å². The van der Waals surface area contributed by atoms with E-state index in [4.69, 9.17) is 28.4 Å². The largest absolute Gasteiger partial charge is 0.493 e. The first-order valence-corrected chi connectivity index (χ1v) is 12.9. The van der Waals surface area contributed by atoms with Crippen molar-refractivity contribution in [1.29, 1.82) is 0 Å². The number of para-hydroxylation sites is 1. The maximum absolute atomic E-state index is 14.0. The number of aromatic nitrogens is 1. The van der Waals surface area contributed by atoms with E-state index in [2.05, 4.69) is 4.99 Å². The number of fused-ring (bicyclic) bond motifs is 1. The summed E-state index contributed by atoms with van der Waals surface area (Å²) in [5, 5.41) is 0. The van der Waals surface area contributed by atoms with Crippen molar-refractivity contribution in [2.75, 3.05) is 42.2 Å². The summed E-state index contributed by atoms with van der Waals surface area (Å²) in [4.78, 5) is 32.2. The Morgan fingerprint density at radius 2 is 1.62 bits per heavy atom. The number of rotatable bonds is 9. The smallest absolute Gasteiger partial charge is 0.338 e. The molecule has 2 aromatic carbocycles. The lowest BCUT2D eigenvalue weighted by atomic mass is 9.95. The van der Waals surface area contributed by atoms with Crippen LogP contribution in [-0.4, -0.2) is 52.7 Å². The number of benzene rings is 2. The first kappa shape index (κ1) is 27.8. The fraction of sp³-hybridized carbons (Fsp3) is 0.321.